The summed E-state index contributed by atoms with van der Waals surface area (Å²) in [5.74, 6) is -1.77. The maximum atomic E-state index is 11.2. The molecule has 9 heteroatoms. The molecule has 1 atom stereocenters. The molecule has 0 spiro atoms. The summed E-state index contributed by atoms with van der Waals surface area (Å²) in [6.07, 6.45) is 0. The Hall–Kier alpha value is -0.640. The second-order valence-corrected chi connectivity index (χ2v) is 6.20. The number of aliphatic hydroxyl groups is 1. The summed E-state index contributed by atoms with van der Waals surface area (Å²) in [7, 11) is -6.52. The fourth-order valence-electron chi connectivity index (χ4n) is 0.716. The molecule has 0 fully saturated rings. The van der Waals surface area contributed by atoms with Crippen LogP contribution < -0.4 is 0 Å². The molecule has 7 nitrogen and oxygen atoms in total. The van der Waals surface area contributed by atoms with Crippen LogP contribution in [0, 0.1) is 0 Å². The van der Waals surface area contributed by atoms with Crippen molar-refractivity contribution < 1.29 is 30.3 Å². The minimum atomic E-state index is -4.21. The van der Waals surface area contributed by atoms with Crippen molar-refractivity contribution in [3.8, 4) is 0 Å². The average Bonchev–Trinajstić information content (AvgIpc) is 2.14. The largest absolute Gasteiger partial charge is 0.511 e. The molecule has 0 bridgehead atoms. The second kappa shape index (κ2) is 4.92. The summed E-state index contributed by atoms with van der Waals surface area (Å²) in [6, 6.07) is 0. The number of aliphatic hydroxyl groups excluding tert-OH is 1. The van der Waals surface area contributed by atoms with E-state index in [0.29, 0.717) is 0 Å². The zero-order valence-electron chi connectivity index (χ0n) is 8.20. The van der Waals surface area contributed by atoms with Gasteiger partial charge in [-0.3, -0.25) is 8.37 Å². The van der Waals surface area contributed by atoms with E-state index in [4.69, 9.17) is 5.11 Å². The van der Waals surface area contributed by atoms with E-state index in [1.807, 2.05) is 0 Å². The molecular weight excluding hydrogens is 248 g/mol. The summed E-state index contributed by atoms with van der Waals surface area (Å²) in [6.45, 7) is 2.96. The molecular formula is C6H12O7S2. The summed E-state index contributed by atoms with van der Waals surface area (Å²) in [4.78, 5) is 0. The maximum absolute atomic E-state index is 11.2. The summed E-state index contributed by atoms with van der Waals surface area (Å²) in [5.41, 5.74) is 0. The van der Waals surface area contributed by atoms with Gasteiger partial charge >= 0.3 is 0 Å². The van der Waals surface area contributed by atoms with Gasteiger partial charge in [0.25, 0.3) is 20.2 Å². The van der Waals surface area contributed by atoms with E-state index in [2.05, 4.69) is 14.9 Å². The van der Waals surface area contributed by atoms with Gasteiger partial charge < -0.3 is 5.11 Å². The molecule has 0 saturated carbocycles. The molecule has 0 amide bonds. The first kappa shape index (κ1) is 14.4. The summed E-state index contributed by atoms with van der Waals surface area (Å²) >= 11 is 0. The third-order valence-corrected chi connectivity index (χ3v) is 4.62. The third kappa shape index (κ3) is 4.16. The lowest BCUT2D eigenvalue weighted by atomic mass is 10.4. The van der Waals surface area contributed by atoms with Gasteiger partial charge in [-0.15, -0.1) is 0 Å². The van der Waals surface area contributed by atoms with E-state index in [9.17, 15) is 16.8 Å². The van der Waals surface area contributed by atoms with Crippen molar-refractivity contribution in [1.82, 2.24) is 0 Å². The fourth-order valence-corrected chi connectivity index (χ4v) is 3.15. The van der Waals surface area contributed by atoms with E-state index >= 15 is 0 Å². The zero-order valence-corrected chi connectivity index (χ0v) is 9.84. The standard InChI is InChI=1S/C6H12O7S2/c1-5(7)6(15(10,11)13-3)4-14(8,9)12-2/h6-7H,1,4H2,2-3H3. The van der Waals surface area contributed by atoms with Crippen LogP contribution in [0.25, 0.3) is 0 Å². The molecule has 0 aliphatic rings. The van der Waals surface area contributed by atoms with Gasteiger partial charge in [-0.25, -0.2) is 0 Å². The van der Waals surface area contributed by atoms with Crippen molar-refractivity contribution >= 4 is 20.2 Å². The lowest BCUT2D eigenvalue weighted by Crippen LogP contribution is -2.32. The highest BCUT2D eigenvalue weighted by molar-refractivity contribution is 7.91. The van der Waals surface area contributed by atoms with Crippen molar-refractivity contribution in [2.24, 2.45) is 0 Å². The lowest BCUT2D eigenvalue weighted by molar-refractivity contribution is 0.353. The fraction of sp³-hybridized carbons (Fsp3) is 0.667. The minimum absolute atomic E-state index is 0.822. The quantitative estimate of drug-likeness (QED) is 0.501. The molecule has 0 aliphatic heterocycles. The van der Waals surface area contributed by atoms with E-state index in [1.54, 1.807) is 0 Å². The predicted octanol–water partition coefficient (Wildman–Crippen LogP) is -0.621. The maximum Gasteiger partial charge on any atom is 0.278 e. The van der Waals surface area contributed by atoms with Crippen LogP contribution in [0.15, 0.2) is 12.3 Å². The van der Waals surface area contributed by atoms with Gasteiger partial charge in [-0.1, -0.05) is 6.58 Å². The van der Waals surface area contributed by atoms with Gasteiger partial charge in [0.05, 0.1) is 14.2 Å². The smallest absolute Gasteiger partial charge is 0.278 e. The van der Waals surface area contributed by atoms with Crippen molar-refractivity contribution in [2.45, 2.75) is 5.25 Å². The SMILES string of the molecule is C=C(O)C(CS(=O)(=O)OC)S(=O)(=O)OC. The zero-order chi connectivity index (χ0) is 12.3. The van der Waals surface area contributed by atoms with Crippen LogP contribution in [0.1, 0.15) is 0 Å². The predicted molar refractivity (Wildman–Crippen MR) is 52.3 cm³/mol. The molecule has 0 aromatic rings. The van der Waals surface area contributed by atoms with Crippen molar-refractivity contribution in [2.75, 3.05) is 20.0 Å². The highest BCUT2D eigenvalue weighted by Gasteiger charge is 2.33. The van der Waals surface area contributed by atoms with Crippen LogP contribution in [0.3, 0.4) is 0 Å². The highest BCUT2D eigenvalue weighted by atomic mass is 32.2. The second-order valence-electron chi connectivity index (χ2n) is 2.53. The molecule has 15 heavy (non-hydrogen) atoms. The Bertz CT molecular complexity index is 418. The van der Waals surface area contributed by atoms with Crippen LogP contribution >= 0.6 is 0 Å². The topological polar surface area (TPSA) is 107 Å². The van der Waals surface area contributed by atoms with E-state index in [1.165, 1.54) is 0 Å². The number of rotatable bonds is 6. The molecule has 0 aromatic heterocycles. The third-order valence-electron chi connectivity index (χ3n) is 1.56. The average molecular weight is 260 g/mol. The van der Waals surface area contributed by atoms with Crippen LogP contribution in [-0.4, -0.2) is 47.2 Å². The summed E-state index contributed by atoms with van der Waals surface area (Å²) in [5, 5.41) is 7.21. The molecule has 0 rings (SSSR count). The first-order valence-corrected chi connectivity index (χ1v) is 6.66. The Balaban J connectivity index is 5.14. The van der Waals surface area contributed by atoms with Crippen LogP contribution in [0.4, 0.5) is 0 Å². The number of hydrogen-bond acceptors (Lipinski definition) is 7. The van der Waals surface area contributed by atoms with Gasteiger partial charge in [-0.2, -0.15) is 16.8 Å². The monoisotopic (exact) mass is 260 g/mol. The van der Waals surface area contributed by atoms with Crippen LogP contribution in [0.2, 0.25) is 0 Å². The van der Waals surface area contributed by atoms with Crippen molar-refractivity contribution in [1.29, 1.82) is 0 Å². The van der Waals surface area contributed by atoms with E-state index in [0.717, 1.165) is 14.2 Å². The van der Waals surface area contributed by atoms with Crippen LogP contribution in [-0.2, 0) is 28.6 Å². The Morgan fingerprint density at radius 2 is 1.73 bits per heavy atom. The normalized spacial score (nSPS) is 14.8. The lowest BCUT2D eigenvalue weighted by Gasteiger charge is -2.13. The van der Waals surface area contributed by atoms with Gasteiger partial charge in [-0.05, 0) is 0 Å². The Kier molecular flexibility index (Phi) is 4.71. The van der Waals surface area contributed by atoms with Gasteiger partial charge in [0, 0.05) is 0 Å². The van der Waals surface area contributed by atoms with Crippen molar-refractivity contribution in [3.63, 3.8) is 0 Å². The van der Waals surface area contributed by atoms with Crippen LogP contribution in [0.5, 0.6) is 0 Å². The van der Waals surface area contributed by atoms with Crippen molar-refractivity contribution in [3.05, 3.63) is 12.3 Å². The Morgan fingerprint density at radius 3 is 2.00 bits per heavy atom. The molecule has 0 aliphatic carbocycles. The highest BCUT2D eigenvalue weighted by Crippen LogP contribution is 2.13. The molecule has 0 aromatic carbocycles. The van der Waals surface area contributed by atoms with E-state index < -0.39 is 37.0 Å². The van der Waals surface area contributed by atoms with Gasteiger partial charge in [0.2, 0.25) is 0 Å². The Morgan fingerprint density at radius 1 is 1.27 bits per heavy atom. The Labute approximate surface area is 88.6 Å². The molecule has 0 heterocycles. The number of hydrogen-bond donors (Lipinski definition) is 1. The van der Waals surface area contributed by atoms with Gasteiger partial charge in [0.15, 0.2) is 5.25 Å². The first-order chi connectivity index (χ1) is 6.66. The molecule has 0 saturated heterocycles. The first-order valence-electron chi connectivity index (χ1n) is 3.61. The van der Waals surface area contributed by atoms with E-state index in [-0.39, 0.29) is 0 Å². The molecule has 1 N–H and O–H groups in total. The minimum Gasteiger partial charge on any atom is -0.511 e. The molecule has 90 valence electrons. The molecule has 1 unspecified atom stereocenters. The van der Waals surface area contributed by atoms with Gasteiger partial charge in [0.1, 0.15) is 11.5 Å². The summed E-state index contributed by atoms with van der Waals surface area (Å²) < 4.78 is 52.4. The molecule has 0 radical (unpaired) electrons.